The predicted octanol–water partition coefficient (Wildman–Crippen LogP) is 4.23. The van der Waals surface area contributed by atoms with Crippen molar-refractivity contribution in [1.29, 1.82) is 5.41 Å². The molecular formula is C30H30N4O3. The van der Waals surface area contributed by atoms with Crippen LogP contribution >= 0.6 is 0 Å². The Morgan fingerprint density at radius 3 is 2.49 bits per heavy atom. The summed E-state index contributed by atoms with van der Waals surface area (Å²) < 4.78 is 11.1. The summed E-state index contributed by atoms with van der Waals surface area (Å²) in [5.41, 5.74) is 9.80. The molecule has 4 heterocycles. The molecule has 1 amide bonds. The van der Waals surface area contributed by atoms with Crippen LogP contribution in [0.15, 0.2) is 72.8 Å². The summed E-state index contributed by atoms with van der Waals surface area (Å²) in [6.07, 6.45) is 2.26. The summed E-state index contributed by atoms with van der Waals surface area (Å²) in [6.45, 7) is 1.78. The lowest BCUT2D eigenvalue weighted by Gasteiger charge is -2.34. The number of hydrogen-bond acceptors (Lipinski definition) is 5. The molecule has 3 N–H and O–H groups in total. The maximum Gasteiger partial charge on any atom is 0.231 e. The van der Waals surface area contributed by atoms with Crippen molar-refractivity contribution in [3.8, 4) is 11.5 Å². The first-order chi connectivity index (χ1) is 18.1. The fraction of sp³-hybridized carbons (Fsp3) is 0.333. The molecule has 3 saturated heterocycles. The van der Waals surface area contributed by atoms with Crippen LogP contribution in [0.2, 0.25) is 0 Å². The first-order valence-corrected chi connectivity index (χ1v) is 13.0. The molecule has 37 heavy (non-hydrogen) atoms. The standard InChI is InChI=1S/C30H30N4O3/c31-29(32)21-11-9-20(10-12-21)28-26-25(22-7-4-14-33(22)28)27(19-5-2-1-3-6-19)34(30(26)35)16-18-8-13-23-24(15-18)37-17-36-23/h1-3,5-6,8-13,15,22,25-28H,4,7,14,16-17H2,(H3,31,32)/t22-,25-,26-,27+,28-/m1/s1. The fourth-order valence-electron chi connectivity index (χ4n) is 7.20. The number of nitrogens with two attached hydrogens (primary N) is 1. The van der Waals surface area contributed by atoms with Crippen molar-refractivity contribution in [2.75, 3.05) is 13.3 Å². The monoisotopic (exact) mass is 494 g/mol. The van der Waals surface area contributed by atoms with Crippen molar-refractivity contribution in [3.05, 3.63) is 95.1 Å². The number of hydrogen-bond donors (Lipinski definition) is 2. The lowest BCUT2D eigenvalue weighted by atomic mass is 9.80. The first kappa shape index (κ1) is 22.4. The SMILES string of the molecule is N=C(N)c1ccc([C@@H]2[C@@H]3C(=O)N(Cc4ccc5c(c4)OCO5)[C@@H](c4ccccc4)[C@@H]3[C@H]3CCCN32)cc1. The molecule has 7 rings (SSSR count). The number of nitrogen functional groups attached to an aromatic ring is 1. The minimum atomic E-state index is -0.118. The van der Waals surface area contributed by atoms with Gasteiger partial charge in [-0.1, -0.05) is 60.7 Å². The highest BCUT2D eigenvalue weighted by Gasteiger charge is 2.62. The highest BCUT2D eigenvalue weighted by atomic mass is 16.7. The van der Waals surface area contributed by atoms with Crippen LogP contribution in [-0.2, 0) is 11.3 Å². The van der Waals surface area contributed by atoms with Crippen molar-refractivity contribution >= 4 is 11.7 Å². The van der Waals surface area contributed by atoms with Crippen molar-refractivity contribution in [2.45, 2.75) is 37.5 Å². The molecule has 0 radical (unpaired) electrons. The smallest absolute Gasteiger partial charge is 0.231 e. The van der Waals surface area contributed by atoms with E-state index < -0.39 is 0 Å². The first-order valence-electron chi connectivity index (χ1n) is 13.0. The van der Waals surface area contributed by atoms with Crippen molar-refractivity contribution in [2.24, 2.45) is 17.6 Å². The molecular weight excluding hydrogens is 464 g/mol. The van der Waals surface area contributed by atoms with E-state index in [4.69, 9.17) is 20.6 Å². The molecule has 3 aromatic carbocycles. The molecule has 188 valence electrons. The highest BCUT2D eigenvalue weighted by molar-refractivity contribution is 5.95. The second kappa shape index (κ2) is 8.63. The largest absolute Gasteiger partial charge is 0.454 e. The Balaban J connectivity index is 1.30. The Hall–Kier alpha value is -3.84. The quantitative estimate of drug-likeness (QED) is 0.409. The van der Waals surface area contributed by atoms with Gasteiger partial charge in [0.15, 0.2) is 11.5 Å². The van der Waals surface area contributed by atoms with Gasteiger partial charge in [-0.2, -0.15) is 0 Å². The van der Waals surface area contributed by atoms with Crippen LogP contribution in [0.1, 0.15) is 47.2 Å². The van der Waals surface area contributed by atoms with Gasteiger partial charge in [-0.15, -0.1) is 0 Å². The molecule has 4 aliphatic rings. The summed E-state index contributed by atoms with van der Waals surface area (Å²) in [5.74, 6) is 1.86. The molecule has 7 heteroatoms. The Kier molecular flexibility index (Phi) is 5.22. The van der Waals surface area contributed by atoms with E-state index in [-0.39, 0.29) is 42.5 Å². The summed E-state index contributed by atoms with van der Waals surface area (Å²) >= 11 is 0. The van der Waals surface area contributed by atoms with E-state index >= 15 is 0 Å². The van der Waals surface area contributed by atoms with E-state index in [1.807, 2.05) is 36.4 Å². The van der Waals surface area contributed by atoms with E-state index in [1.54, 1.807) is 0 Å². The zero-order chi connectivity index (χ0) is 25.1. The predicted molar refractivity (Wildman–Crippen MR) is 139 cm³/mol. The Morgan fingerprint density at radius 2 is 1.70 bits per heavy atom. The molecule has 7 nitrogen and oxygen atoms in total. The van der Waals surface area contributed by atoms with E-state index in [0.717, 1.165) is 42.0 Å². The number of fused-ring (bicyclic) bond motifs is 4. The van der Waals surface area contributed by atoms with Crippen molar-refractivity contribution in [3.63, 3.8) is 0 Å². The van der Waals surface area contributed by atoms with E-state index in [9.17, 15) is 4.79 Å². The Morgan fingerprint density at radius 1 is 0.946 bits per heavy atom. The van der Waals surface area contributed by atoms with Gasteiger partial charge >= 0.3 is 0 Å². The minimum absolute atomic E-state index is 0.0104. The molecule has 0 spiro atoms. The van der Waals surface area contributed by atoms with Crippen LogP contribution in [0.4, 0.5) is 0 Å². The summed E-state index contributed by atoms with van der Waals surface area (Å²) in [6, 6.07) is 24.8. The number of benzene rings is 3. The number of likely N-dealkylation sites (tertiary alicyclic amines) is 1. The molecule has 5 atom stereocenters. The van der Waals surface area contributed by atoms with Gasteiger partial charge in [0, 0.05) is 30.1 Å². The molecule has 0 unspecified atom stereocenters. The zero-order valence-electron chi connectivity index (χ0n) is 20.5. The normalized spacial score (nSPS) is 27.9. The third-order valence-electron chi connectivity index (χ3n) is 8.66. The van der Waals surface area contributed by atoms with Gasteiger partial charge in [0.05, 0.1) is 12.0 Å². The molecule has 0 saturated carbocycles. The topological polar surface area (TPSA) is 91.9 Å². The molecule has 4 aliphatic heterocycles. The average Bonchev–Trinajstić information content (AvgIpc) is 3.68. The van der Waals surface area contributed by atoms with Crippen LogP contribution in [0.3, 0.4) is 0 Å². The number of nitrogens with one attached hydrogen (secondary N) is 1. The van der Waals surface area contributed by atoms with Gasteiger partial charge in [0.1, 0.15) is 5.84 Å². The second-order valence-corrected chi connectivity index (χ2v) is 10.5. The lowest BCUT2D eigenvalue weighted by molar-refractivity contribution is -0.134. The highest BCUT2D eigenvalue weighted by Crippen LogP contribution is 2.59. The summed E-state index contributed by atoms with van der Waals surface area (Å²) in [5, 5.41) is 7.77. The van der Waals surface area contributed by atoms with Gasteiger partial charge in [-0.25, -0.2) is 0 Å². The molecule has 3 fully saturated rings. The van der Waals surface area contributed by atoms with Gasteiger partial charge in [0.25, 0.3) is 0 Å². The maximum atomic E-state index is 14.4. The molecule has 0 aliphatic carbocycles. The third-order valence-corrected chi connectivity index (χ3v) is 8.66. The van der Waals surface area contributed by atoms with E-state index in [2.05, 4.69) is 46.2 Å². The van der Waals surface area contributed by atoms with E-state index in [1.165, 1.54) is 5.56 Å². The fourth-order valence-corrected chi connectivity index (χ4v) is 7.20. The summed E-state index contributed by atoms with van der Waals surface area (Å²) in [4.78, 5) is 19.1. The minimum Gasteiger partial charge on any atom is -0.454 e. The van der Waals surface area contributed by atoms with Gasteiger partial charge in [-0.05, 0) is 48.2 Å². The van der Waals surface area contributed by atoms with Crippen LogP contribution in [0.25, 0.3) is 0 Å². The molecule has 0 aromatic heterocycles. The number of carbonyl (C=O) groups excluding carboxylic acids is 1. The van der Waals surface area contributed by atoms with Gasteiger partial charge in [-0.3, -0.25) is 15.1 Å². The number of amidine groups is 1. The van der Waals surface area contributed by atoms with Crippen LogP contribution in [0, 0.1) is 17.2 Å². The number of nitrogens with zero attached hydrogens (tertiary/aromatic N) is 2. The Bertz CT molecular complexity index is 1360. The summed E-state index contributed by atoms with van der Waals surface area (Å²) in [7, 11) is 0. The number of amides is 1. The zero-order valence-corrected chi connectivity index (χ0v) is 20.5. The lowest BCUT2D eigenvalue weighted by Crippen LogP contribution is -2.37. The van der Waals surface area contributed by atoms with Crippen LogP contribution in [0.5, 0.6) is 11.5 Å². The third kappa shape index (κ3) is 3.52. The van der Waals surface area contributed by atoms with E-state index in [0.29, 0.717) is 18.2 Å². The molecule has 3 aromatic rings. The average molecular weight is 495 g/mol. The van der Waals surface area contributed by atoms with Gasteiger partial charge < -0.3 is 20.1 Å². The number of ether oxygens (including phenoxy) is 2. The number of rotatable bonds is 5. The van der Waals surface area contributed by atoms with Gasteiger partial charge in [0.2, 0.25) is 12.7 Å². The van der Waals surface area contributed by atoms with Crippen LogP contribution < -0.4 is 15.2 Å². The second-order valence-electron chi connectivity index (χ2n) is 10.5. The van der Waals surface area contributed by atoms with Crippen LogP contribution in [-0.4, -0.2) is 40.9 Å². The van der Waals surface area contributed by atoms with Crippen molar-refractivity contribution in [1.82, 2.24) is 9.80 Å². The molecule has 0 bridgehead atoms. The number of carbonyl (C=O) groups is 1. The van der Waals surface area contributed by atoms with Crippen molar-refractivity contribution < 1.29 is 14.3 Å². The Labute approximate surface area is 216 Å². The maximum absolute atomic E-state index is 14.4.